The predicted octanol–water partition coefficient (Wildman–Crippen LogP) is 5.04. The molecule has 4 nitrogen and oxygen atoms in total. The fourth-order valence-corrected chi connectivity index (χ4v) is 4.87. The number of carbonyl (C=O) groups excluding carboxylic acids is 2. The molecule has 3 aromatic carbocycles. The summed E-state index contributed by atoms with van der Waals surface area (Å²) in [5.41, 5.74) is 3.57. The van der Waals surface area contributed by atoms with Gasteiger partial charge in [0.2, 0.25) is 0 Å². The van der Waals surface area contributed by atoms with Crippen molar-refractivity contribution in [2.24, 2.45) is 5.92 Å². The molecule has 0 radical (unpaired) electrons. The smallest absolute Gasteiger partial charge is 0.253 e. The zero-order valence-corrected chi connectivity index (χ0v) is 18.5. The van der Waals surface area contributed by atoms with E-state index in [9.17, 15) is 9.59 Å². The van der Waals surface area contributed by atoms with E-state index in [1.165, 1.54) is 0 Å². The van der Waals surface area contributed by atoms with Gasteiger partial charge in [0.15, 0.2) is 5.78 Å². The summed E-state index contributed by atoms with van der Waals surface area (Å²) in [6.07, 6.45) is 0.892. The van der Waals surface area contributed by atoms with Gasteiger partial charge in [-0.25, -0.2) is 0 Å². The van der Waals surface area contributed by atoms with Crippen LogP contribution in [0.4, 0.5) is 0 Å². The van der Waals surface area contributed by atoms with Crippen LogP contribution in [0.1, 0.15) is 27.1 Å². The van der Waals surface area contributed by atoms with E-state index in [0.717, 1.165) is 49.3 Å². The molecule has 0 N–H and O–H groups in total. The zero-order chi connectivity index (χ0) is 22.1. The molecule has 2 saturated heterocycles. The summed E-state index contributed by atoms with van der Waals surface area (Å²) in [4.78, 5) is 29.9. The zero-order valence-electron chi connectivity index (χ0n) is 17.8. The van der Waals surface area contributed by atoms with E-state index in [-0.39, 0.29) is 17.6 Å². The minimum Gasteiger partial charge on any atom is -0.335 e. The Hall–Kier alpha value is -2.95. The van der Waals surface area contributed by atoms with E-state index in [0.29, 0.717) is 16.6 Å². The lowest BCUT2D eigenvalue weighted by atomic mass is 9.97. The molecule has 0 aromatic heterocycles. The SMILES string of the molecule is O=C(c1ccccc1)[C@H]1CCN(C2CN(C(=O)c3ccc(-c4cccc(Cl)c4)cc3)C2)C1. The van der Waals surface area contributed by atoms with E-state index >= 15 is 0 Å². The lowest BCUT2D eigenvalue weighted by molar-refractivity contribution is 0.0322. The molecule has 5 rings (SSSR count). The number of rotatable bonds is 5. The van der Waals surface area contributed by atoms with Gasteiger partial charge in [-0.2, -0.15) is 0 Å². The third kappa shape index (κ3) is 4.21. The topological polar surface area (TPSA) is 40.6 Å². The minimum absolute atomic E-state index is 0.0567. The molecule has 32 heavy (non-hydrogen) atoms. The molecule has 0 unspecified atom stereocenters. The van der Waals surface area contributed by atoms with Crippen LogP contribution in [0.3, 0.4) is 0 Å². The molecule has 3 aromatic rings. The van der Waals surface area contributed by atoms with Crippen LogP contribution in [0.2, 0.25) is 5.02 Å². The van der Waals surface area contributed by atoms with Crippen LogP contribution >= 0.6 is 11.6 Å². The Morgan fingerprint density at radius 1 is 0.781 bits per heavy atom. The first-order chi connectivity index (χ1) is 15.6. The molecular weight excluding hydrogens is 420 g/mol. The Morgan fingerprint density at radius 2 is 1.53 bits per heavy atom. The first-order valence-electron chi connectivity index (χ1n) is 11.1. The average Bonchev–Trinajstić information content (AvgIpc) is 3.28. The maximum Gasteiger partial charge on any atom is 0.253 e. The van der Waals surface area contributed by atoms with E-state index in [2.05, 4.69) is 4.90 Å². The van der Waals surface area contributed by atoms with Gasteiger partial charge in [0, 0.05) is 47.7 Å². The van der Waals surface area contributed by atoms with E-state index in [1.807, 2.05) is 83.8 Å². The van der Waals surface area contributed by atoms with Gasteiger partial charge in [0.1, 0.15) is 0 Å². The van der Waals surface area contributed by atoms with Crippen LogP contribution in [-0.2, 0) is 0 Å². The lowest BCUT2D eigenvalue weighted by Crippen LogP contribution is -2.60. The molecule has 1 amide bonds. The highest BCUT2D eigenvalue weighted by molar-refractivity contribution is 6.30. The highest BCUT2D eigenvalue weighted by atomic mass is 35.5. The van der Waals surface area contributed by atoms with Crippen molar-refractivity contribution in [1.82, 2.24) is 9.80 Å². The van der Waals surface area contributed by atoms with Crippen molar-refractivity contribution in [3.8, 4) is 11.1 Å². The van der Waals surface area contributed by atoms with Crippen LogP contribution < -0.4 is 0 Å². The maximum atomic E-state index is 12.9. The molecule has 0 bridgehead atoms. The summed E-state index contributed by atoms with van der Waals surface area (Å²) in [5.74, 6) is 0.358. The molecule has 162 valence electrons. The molecule has 5 heteroatoms. The van der Waals surface area contributed by atoms with Crippen LogP contribution in [0, 0.1) is 5.92 Å². The number of hydrogen-bond acceptors (Lipinski definition) is 3. The number of benzene rings is 3. The second kappa shape index (κ2) is 8.89. The predicted molar refractivity (Wildman–Crippen MR) is 127 cm³/mol. The normalized spacial score (nSPS) is 19.0. The van der Waals surface area contributed by atoms with Gasteiger partial charge in [-0.15, -0.1) is 0 Å². The quantitative estimate of drug-likeness (QED) is 0.518. The number of halogens is 1. The van der Waals surface area contributed by atoms with Gasteiger partial charge in [0.05, 0.1) is 0 Å². The number of carbonyl (C=O) groups is 2. The summed E-state index contributed by atoms with van der Waals surface area (Å²) in [5, 5.41) is 0.698. The molecule has 0 saturated carbocycles. The number of nitrogens with zero attached hydrogens (tertiary/aromatic N) is 2. The number of amides is 1. The highest BCUT2D eigenvalue weighted by Crippen LogP contribution is 2.28. The Labute approximate surface area is 193 Å². The number of ketones is 1. The largest absolute Gasteiger partial charge is 0.335 e. The Kier molecular flexibility index (Phi) is 5.81. The van der Waals surface area contributed by atoms with Crippen molar-refractivity contribution < 1.29 is 9.59 Å². The number of Topliss-reactive ketones (excluding diaryl/α,β-unsaturated/α-hetero) is 1. The van der Waals surface area contributed by atoms with Gasteiger partial charge < -0.3 is 4.90 Å². The molecule has 0 aliphatic carbocycles. The van der Waals surface area contributed by atoms with E-state index in [4.69, 9.17) is 11.6 Å². The molecule has 2 fully saturated rings. The summed E-state index contributed by atoms with van der Waals surface area (Å²) < 4.78 is 0. The molecule has 2 heterocycles. The molecule has 2 aliphatic rings. The van der Waals surface area contributed by atoms with Crippen molar-refractivity contribution in [3.05, 3.63) is 95.0 Å². The van der Waals surface area contributed by atoms with E-state index < -0.39 is 0 Å². The van der Waals surface area contributed by atoms with Crippen molar-refractivity contribution in [3.63, 3.8) is 0 Å². The van der Waals surface area contributed by atoms with Crippen molar-refractivity contribution >= 4 is 23.3 Å². The summed E-state index contributed by atoms with van der Waals surface area (Å²) in [6, 6.07) is 25.3. The third-order valence-electron chi connectivity index (χ3n) is 6.60. The van der Waals surface area contributed by atoms with Crippen LogP contribution in [0.15, 0.2) is 78.9 Å². The maximum absolute atomic E-state index is 12.9. The second-order valence-electron chi connectivity index (χ2n) is 8.66. The van der Waals surface area contributed by atoms with Crippen LogP contribution in [0.25, 0.3) is 11.1 Å². The first kappa shape index (κ1) is 20.9. The molecule has 0 spiro atoms. The van der Waals surface area contributed by atoms with E-state index in [1.54, 1.807) is 0 Å². The molecular formula is C27H25ClN2O2. The Bertz CT molecular complexity index is 1120. The van der Waals surface area contributed by atoms with Crippen molar-refractivity contribution in [1.29, 1.82) is 0 Å². The highest BCUT2D eigenvalue weighted by Gasteiger charge is 2.39. The van der Waals surface area contributed by atoms with Crippen LogP contribution in [-0.4, -0.2) is 53.7 Å². The van der Waals surface area contributed by atoms with Gasteiger partial charge >= 0.3 is 0 Å². The van der Waals surface area contributed by atoms with Crippen LogP contribution in [0.5, 0.6) is 0 Å². The number of likely N-dealkylation sites (tertiary alicyclic amines) is 2. The van der Waals surface area contributed by atoms with Crippen molar-refractivity contribution in [2.75, 3.05) is 26.2 Å². The van der Waals surface area contributed by atoms with Gasteiger partial charge in [-0.05, 0) is 48.4 Å². The summed E-state index contributed by atoms with van der Waals surface area (Å²) >= 11 is 6.09. The molecule has 2 aliphatic heterocycles. The fourth-order valence-electron chi connectivity index (χ4n) is 4.68. The Balaban J connectivity index is 1.15. The standard InChI is InChI=1S/C27H25ClN2O2/c28-24-8-4-7-22(15-24)19-9-11-21(12-10-19)27(32)30-17-25(18-30)29-14-13-23(16-29)26(31)20-5-2-1-3-6-20/h1-12,15,23,25H,13-14,16-18H2/t23-/m0/s1. The fraction of sp³-hybridized carbons (Fsp3) is 0.259. The number of hydrogen-bond donors (Lipinski definition) is 0. The summed E-state index contributed by atoms with van der Waals surface area (Å²) in [7, 11) is 0. The first-order valence-corrected chi connectivity index (χ1v) is 11.4. The third-order valence-corrected chi connectivity index (χ3v) is 6.84. The summed E-state index contributed by atoms with van der Waals surface area (Å²) in [6.45, 7) is 3.15. The van der Waals surface area contributed by atoms with Gasteiger partial charge in [0.25, 0.3) is 5.91 Å². The minimum atomic E-state index is 0.0567. The lowest BCUT2D eigenvalue weighted by Gasteiger charge is -2.44. The van der Waals surface area contributed by atoms with Gasteiger partial charge in [-0.1, -0.05) is 66.2 Å². The van der Waals surface area contributed by atoms with Gasteiger partial charge in [-0.3, -0.25) is 14.5 Å². The second-order valence-corrected chi connectivity index (χ2v) is 9.10. The Morgan fingerprint density at radius 3 is 2.25 bits per heavy atom. The average molecular weight is 445 g/mol. The monoisotopic (exact) mass is 444 g/mol. The molecule has 1 atom stereocenters. The van der Waals surface area contributed by atoms with Crippen molar-refractivity contribution in [2.45, 2.75) is 12.5 Å².